The Morgan fingerprint density at radius 2 is 1.47 bits per heavy atom. The predicted octanol–water partition coefficient (Wildman–Crippen LogP) is 2.74. The molecule has 0 aliphatic rings. The lowest BCUT2D eigenvalue weighted by atomic mass is 10.1. The molecular weight excluding hydrogens is 428 g/mol. The Balaban J connectivity index is 1.66. The minimum absolute atomic E-state index is 0.00361. The molecule has 0 bridgehead atoms. The fourth-order valence-electron chi connectivity index (χ4n) is 2.78. The Bertz CT molecular complexity index is 1020. The molecule has 0 atom stereocenters. The Morgan fingerprint density at radius 1 is 0.812 bits per heavy atom. The van der Waals surface area contributed by atoms with Gasteiger partial charge < -0.3 is 10.1 Å². The first kappa shape index (κ1) is 24.8. The van der Waals surface area contributed by atoms with Gasteiger partial charge in [-0.25, -0.2) is 0 Å². The second kappa shape index (κ2) is 11.8. The maximum Gasteiger partial charge on any atom is 0.264 e. The quantitative estimate of drug-likeness (QED) is 0.377. The summed E-state index contributed by atoms with van der Waals surface area (Å²) < 4.78 is 5.50. The highest BCUT2D eigenvalue weighted by Gasteiger charge is 2.11. The van der Waals surface area contributed by atoms with Crippen LogP contribution in [0.2, 0.25) is 0 Å². The molecule has 32 heavy (non-hydrogen) atoms. The first-order valence-corrected chi connectivity index (χ1v) is 10.5. The number of nitrogens with one attached hydrogen (secondary N) is 4. The van der Waals surface area contributed by atoms with E-state index >= 15 is 0 Å². The van der Waals surface area contributed by atoms with Crippen molar-refractivity contribution < 1.29 is 19.1 Å². The van der Waals surface area contributed by atoms with Crippen molar-refractivity contribution in [1.29, 1.82) is 0 Å². The van der Waals surface area contributed by atoms with Crippen LogP contribution in [0.1, 0.15) is 35.1 Å². The summed E-state index contributed by atoms with van der Waals surface area (Å²) >= 11 is 4.98. The van der Waals surface area contributed by atoms with Crippen molar-refractivity contribution in [2.24, 2.45) is 0 Å². The average molecular weight is 457 g/mol. The summed E-state index contributed by atoms with van der Waals surface area (Å²) in [6, 6.07) is 11.4. The van der Waals surface area contributed by atoms with Crippen LogP contribution in [-0.4, -0.2) is 29.4 Å². The summed E-state index contributed by atoms with van der Waals surface area (Å²) in [5, 5.41) is 5.12. The molecule has 2 aromatic carbocycles. The number of rotatable bonds is 7. The number of anilines is 1. The summed E-state index contributed by atoms with van der Waals surface area (Å²) in [6.07, 6.45) is -0.0420. The molecule has 9 heteroatoms. The van der Waals surface area contributed by atoms with E-state index in [0.717, 1.165) is 22.3 Å². The Morgan fingerprint density at radius 3 is 2.19 bits per heavy atom. The van der Waals surface area contributed by atoms with Gasteiger partial charge in [-0.2, -0.15) is 0 Å². The normalized spacial score (nSPS) is 10.1. The highest BCUT2D eigenvalue weighted by Crippen LogP contribution is 2.19. The average Bonchev–Trinajstić information content (AvgIpc) is 2.73. The molecule has 0 spiro atoms. The van der Waals surface area contributed by atoms with Gasteiger partial charge in [-0.05, 0) is 68.7 Å². The predicted molar refractivity (Wildman–Crippen MR) is 127 cm³/mol. The second-order valence-electron chi connectivity index (χ2n) is 7.47. The smallest absolute Gasteiger partial charge is 0.264 e. The molecule has 0 fully saturated rings. The van der Waals surface area contributed by atoms with Gasteiger partial charge in [0, 0.05) is 18.5 Å². The molecule has 0 radical (unpaired) electrons. The maximum absolute atomic E-state index is 12.1. The zero-order valence-electron chi connectivity index (χ0n) is 18.6. The maximum atomic E-state index is 12.1. The van der Waals surface area contributed by atoms with Gasteiger partial charge in [0.25, 0.3) is 5.91 Å². The first-order valence-electron chi connectivity index (χ1n) is 10.1. The number of thiocarbonyl (C=S) groups is 1. The number of benzene rings is 2. The Labute approximate surface area is 193 Å². The van der Waals surface area contributed by atoms with Gasteiger partial charge in [-0.15, -0.1) is 0 Å². The molecule has 0 saturated heterocycles. The van der Waals surface area contributed by atoms with Crippen molar-refractivity contribution in [3.8, 4) is 5.75 Å². The molecule has 0 aliphatic carbocycles. The molecule has 0 aromatic heterocycles. The number of carbonyl (C=O) groups is 3. The van der Waals surface area contributed by atoms with Crippen molar-refractivity contribution in [3.63, 3.8) is 0 Å². The van der Waals surface area contributed by atoms with E-state index in [1.54, 1.807) is 0 Å². The SMILES string of the molecule is Cc1ccc(NC(=O)CCC(=O)NNC(=S)NC(=O)COc2cc(C)ccc2C)c(C)c1. The van der Waals surface area contributed by atoms with Crippen LogP contribution < -0.4 is 26.2 Å². The Kier molecular flexibility index (Phi) is 9.15. The molecule has 8 nitrogen and oxygen atoms in total. The zero-order valence-corrected chi connectivity index (χ0v) is 19.4. The second-order valence-corrected chi connectivity index (χ2v) is 7.88. The monoisotopic (exact) mass is 456 g/mol. The lowest BCUT2D eigenvalue weighted by molar-refractivity contribution is -0.125. The third-order valence-electron chi connectivity index (χ3n) is 4.51. The first-order chi connectivity index (χ1) is 15.1. The fraction of sp³-hybridized carbons (Fsp3) is 0.304. The van der Waals surface area contributed by atoms with Gasteiger partial charge in [0.1, 0.15) is 5.75 Å². The number of aryl methyl sites for hydroxylation is 4. The highest BCUT2D eigenvalue weighted by molar-refractivity contribution is 7.80. The molecule has 2 rings (SSSR count). The van der Waals surface area contributed by atoms with E-state index in [4.69, 9.17) is 17.0 Å². The van der Waals surface area contributed by atoms with Gasteiger partial charge in [0.15, 0.2) is 11.7 Å². The summed E-state index contributed by atoms with van der Waals surface area (Å²) in [6.45, 7) is 7.47. The van der Waals surface area contributed by atoms with E-state index in [-0.39, 0.29) is 30.5 Å². The standard InChI is InChI=1S/C23H28N4O4S/c1-14-6-8-18(17(4)11-14)24-20(28)9-10-21(29)26-27-23(32)25-22(30)13-31-19-12-15(2)5-7-16(19)3/h5-8,11-12H,9-10,13H2,1-4H3,(H,24,28)(H,26,29)(H2,25,27,30,32). The van der Waals surface area contributed by atoms with Crippen LogP contribution in [0, 0.1) is 27.7 Å². The van der Waals surface area contributed by atoms with Crippen LogP contribution in [0.3, 0.4) is 0 Å². The third-order valence-corrected chi connectivity index (χ3v) is 4.71. The number of hydrazine groups is 1. The van der Waals surface area contributed by atoms with Gasteiger partial charge in [0.2, 0.25) is 11.8 Å². The van der Waals surface area contributed by atoms with E-state index in [2.05, 4.69) is 21.5 Å². The molecule has 0 saturated carbocycles. The lowest BCUT2D eigenvalue weighted by Crippen LogP contribution is -2.49. The zero-order chi connectivity index (χ0) is 23.7. The van der Waals surface area contributed by atoms with Crippen LogP contribution in [0.5, 0.6) is 5.75 Å². The topological polar surface area (TPSA) is 109 Å². The molecule has 170 valence electrons. The van der Waals surface area contributed by atoms with E-state index in [1.807, 2.05) is 64.1 Å². The molecule has 4 N–H and O–H groups in total. The van der Waals surface area contributed by atoms with Crippen LogP contribution in [0.25, 0.3) is 0 Å². The largest absolute Gasteiger partial charge is 0.483 e. The lowest BCUT2D eigenvalue weighted by Gasteiger charge is -2.12. The number of hydrogen-bond acceptors (Lipinski definition) is 5. The van der Waals surface area contributed by atoms with Gasteiger partial charge in [-0.3, -0.25) is 30.6 Å². The summed E-state index contributed by atoms with van der Waals surface area (Å²) in [5.74, 6) is -0.562. The minimum Gasteiger partial charge on any atom is -0.483 e. The molecular formula is C23H28N4O4S. The molecule has 0 unspecified atom stereocenters. The number of carbonyl (C=O) groups excluding carboxylic acids is 3. The van der Waals surface area contributed by atoms with Gasteiger partial charge >= 0.3 is 0 Å². The highest BCUT2D eigenvalue weighted by atomic mass is 32.1. The minimum atomic E-state index is -0.467. The number of hydrogen-bond donors (Lipinski definition) is 4. The summed E-state index contributed by atoms with van der Waals surface area (Å²) in [7, 11) is 0. The molecule has 0 heterocycles. The molecule has 3 amide bonds. The van der Waals surface area contributed by atoms with E-state index in [9.17, 15) is 14.4 Å². The molecule has 0 aliphatic heterocycles. The van der Waals surface area contributed by atoms with E-state index in [1.165, 1.54) is 0 Å². The summed E-state index contributed by atoms with van der Waals surface area (Å²) in [4.78, 5) is 36.0. The molecule has 2 aromatic rings. The van der Waals surface area contributed by atoms with Crippen molar-refractivity contribution in [3.05, 3.63) is 58.7 Å². The van der Waals surface area contributed by atoms with Crippen molar-refractivity contribution in [2.75, 3.05) is 11.9 Å². The van der Waals surface area contributed by atoms with Gasteiger partial charge in [-0.1, -0.05) is 29.8 Å². The van der Waals surface area contributed by atoms with Crippen LogP contribution in [0.15, 0.2) is 36.4 Å². The third kappa shape index (κ3) is 8.35. The van der Waals surface area contributed by atoms with Crippen LogP contribution in [0.4, 0.5) is 5.69 Å². The number of amides is 3. The fourth-order valence-corrected chi connectivity index (χ4v) is 2.95. The Hall–Kier alpha value is -3.46. The van der Waals surface area contributed by atoms with E-state index < -0.39 is 11.8 Å². The van der Waals surface area contributed by atoms with Crippen LogP contribution in [-0.2, 0) is 14.4 Å². The van der Waals surface area contributed by atoms with Crippen molar-refractivity contribution in [1.82, 2.24) is 16.2 Å². The number of ether oxygens (including phenoxy) is 1. The summed E-state index contributed by atoms with van der Waals surface area (Å²) in [5.41, 5.74) is 9.49. The van der Waals surface area contributed by atoms with Crippen molar-refractivity contribution in [2.45, 2.75) is 40.5 Å². The van der Waals surface area contributed by atoms with E-state index in [0.29, 0.717) is 11.4 Å². The van der Waals surface area contributed by atoms with Gasteiger partial charge in [0.05, 0.1) is 0 Å². The van der Waals surface area contributed by atoms with Crippen molar-refractivity contribution >= 4 is 40.7 Å². The van der Waals surface area contributed by atoms with Crippen LogP contribution >= 0.6 is 12.2 Å².